The molecular weight excluding hydrogens is 389 g/mol. The summed E-state index contributed by atoms with van der Waals surface area (Å²) in [5.41, 5.74) is -6.52. The Labute approximate surface area is 131 Å². The molecule has 0 heterocycles. The van der Waals surface area contributed by atoms with Crippen LogP contribution in [-0.2, 0) is 18.5 Å². The van der Waals surface area contributed by atoms with Crippen molar-refractivity contribution in [2.24, 2.45) is 0 Å². The van der Waals surface area contributed by atoms with Crippen LogP contribution in [-0.4, -0.2) is 5.37 Å². The van der Waals surface area contributed by atoms with Crippen molar-refractivity contribution in [1.82, 2.24) is 4.72 Å². The van der Waals surface area contributed by atoms with Crippen molar-refractivity contribution >= 4 is 28.9 Å². The molecular formula is C10H3ClF9NOS. The Kier molecular flexibility index (Phi) is 5.41. The fourth-order valence-corrected chi connectivity index (χ4v) is 2.28. The molecule has 1 rings (SSSR count). The van der Waals surface area contributed by atoms with E-state index in [1.54, 1.807) is 0 Å². The van der Waals surface area contributed by atoms with Gasteiger partial charge in [-0.05, 0) is 35.7 Å². The molecule has 0 radical (unpaired) electrons. The molecule has 23 heavy (non-hydrogen) atoms. The van der Waals surface area contributed by atoms with Crippen LogP contribution in [0.2, 0.25) is 0 Å². The third-order valence-electron chi connectivity index (χ3n) is 2.26. The number of rotatable bonds is 2. The fourth-order valence-electron chi connectivity index (χ4n) is 1.41. The van der Waals surface area contributed by atoms with E-state index in [9.17, 15) is 44.3 Å². The predicted molar refractivity (Wildman–Crippen MR) is 61.7 cm³/mol. The summed E-state index contributed by atoms with van der Waals surface area (Å²) in [6.45, 7) is 0. The van der Waals surface area contributed by atoms with Crippen molar-refractivity contribution in [2.45, 2.75) is 23.4 Å². The zero-order valence-corrected chi connectivity index (χ0v) is 11.8. The van der Waals surface area contributed by atoms with Crippen LogP contribution in [0.5, 0.6) is 0 Å². The number of hydrogen-bond acceptors (Lipinski definition) is 2. The van der Waals surface area contributed by atoms with E-state index in [1.165, 1.54) is 4.72 Å². The number of hydrogen-bond donors (Lipinski definition) is 1. The van der Waals surface area contributed by atoms with Crippen molar-refractivity contribution in [1.29, 1.82) is 0 Å². The van der Waals surface area contributed by atoms with E-state index in [0.717, 1.165) is 0 Å². The third kappa shape index (κ3) is 5.09. The summed E-state index contributed by atoms with van der Waals surface area (Å²) in [7, 11) is 0. The minimum atomic E-state index is -5.53. The van der Waals surface area contributed by atoms with Crippen LogP contribution in [0.1, 0.15) is 16.7 Å². The van der Waals surface area contributed by atoms with Crippen molar-refractivity contribution in [3.63, 3.8) is 0 Å². The van der Waals surface area contributed by atoms with Gasteiger partial charge in [-0.3, -0.25) is 9.52 Å². The summed E-state index contributed by atoms with van der Waals surface area (Å²) in [5.74, 6) is 0. The summed E-state index contributed by atoms with van der Waals surface area (Å²) in [4.78, 5) is 8.81. The van der Waals surface area contributed by atoms with Gasteiger partial charge in [-0.15, -0.1) is 0 Å². The molecule has 0 aliphatic rings. The quantitative estimate of drug-likeness (QED) is 0.303. The topological polar surface area (TPSA) is 29.1 Å². The van der Waals surface area contributed by atoms with Gasteiger partial charge in [0.25, 0.3) is 0 Å². The molecule has 0 saturated carbocycles. The number of amides is 1. The smallest absolute Gasteiger partial charge is 0.282 e. The van der Waals surface area contributed by atoms with E-state index in [-0.39, 0.29) is 0 Å². The van der Waals surface area contributed by atoms with Gasteiger partial charge in [-0.25, -0.2) is 0 Å². The van der Waals surface area contributed by atoms with Crippen LogP contribution in [0.4, 0.5) is 44.3 Å². The van der Waals surface area contributed by atoms with E-state index in [4.69, 9.17) is 11.6 Å². The average molecular weight is 392 g/mol. The highest BCUT2D eigenvalue weighted by Gasteiger charge is 2.45. The van der Waals surface area contributed by atoms with Gasteiger partial charge < -0.3 is 0 Å². The molecule has 2 nitrogen and oxygen atoms in total. The normalized spacial score (nSPS) is 13.1. The lowest BCUT2D eigenvalue weighted by atomic mass is 10.0. The molecule has 0 bridgehead atoms. The molecule has 1 aromatic rings. The van der Waals surface area contributed by atoms with Gasteiger partial charge in [0.2, 0.25) is 0 Å². The molecule has 0 aromatic heterocycles. The van der Waals surface area contributed by atoms with Crippen LogP contribution >= 0.6 is 23.5 Å². The Morgan fingerprint density at radius 2 is 1.26 bits per heavy atom. The van der Waals surface area contributed by atoms with E-state index >= 15 is 0 Å². The Balaban J connectivity index is 3.71. The lowest BCUT2D eigenvalue weighted by Gasteiger charge is -2.20. The molecule has 0 unspecified atom stereocenters. The first-order valence-corrected chi connectivity index (χ1v) is 6.35. The summed E-state index contributed by atoms with van der Waals surface area (Å²) in [6, 6.07) is -0.948. The van der Waals surface area contributed by atoms with Crippen LogP contribution in [0.25, 0.3) is 0 Å². The highest BCUT2D eigenvalue weighted by Crippen LogP contribution is 2.46. The maximum atomic E-state index is 12.8. The third-order valence-corrected chi connectivity index (χ3v) is 3.40. The first kappa shape index (κ1) is 19.7. The number of nitrogens with one attached hydrogen (secondary N) is 1. The minimum absolute atomic E-state index is 0.474. The van der Waals surface area contributed by atoms with Gasteiger partial charge in [-0.1, -0.05) is 0 Å². The van der Waals surface area contributed by atoms with Crippen LogP contribution in [0, 0.1) is 0 Å². The van der Waals surface area contributed by atoms with E-state index in [2.05, 4.69) is 0 Å². The minimum Gasteiger partial charge on any atom is -0.282 e. The summed E-state index contributed by atoms with van der Waals surface area (Å²) in [6.07, 6.45) is -16.5. The van der Waals surface area contributed by atoms with Crippen LogP contribution in [0.15, 0.2) is 17.0 Å². The molecule has 0 spiro atoms. The lowest BCUT2D eigenvalue weighted by Crippen LogP contribution is -2.19. The Morgan fingerprint density at radius 3 is 1.52 bits per heavy atom. The lowest BCUT2D eigenvalue weighted by molar-refractivity contribution is -0.151. The largest absolute Gasteiger partial charge is 0.417 e. The second-order valence-electron chi connectivity index (χ2n) is 3.87. The van der Waals surface area contributed by atoms with Crippen LogP contribution in [0.3, 0.4) is 0 Å². The molecule has 130 valence electrons. The number of carbonyl (C=O) groups excluding carboxylic acids is 1. The number of carbonyl (C=O) groups is 1. The number of benzene rings is 1. The molecule has 0 atom stereocenters. The van der Waals surface area contributed by atoms with Crippen molar-refractivity contribution < 1.29 is 44.3 Å². The highest BCUT2D eigenvalue weighted by atomic mass is 35.5. The van der Waals surface area contributed by atoms with Crippen molar-refractivity contribution in [2.75, 3.05) is 0 Å². The van der Waals surface area contributed by atoms with E-state index in [0.29, 0.717) is 0 Å². The maximum absolute atomic E-state index is 12.8. The second-order valence-corrected chi connectivity index (χ2v) is 5.03. The first-order valence-electron chi connectivity index (χ1n) is 5.16. The summed E-state index contributed by atoms with van der Waals surface area (Å²) < 4.78 is 116. The van der Waals surface area contributed by atoms with Gasteiger partial charge in [-0.2, -0.15) is 39.5 Å². The Morgan fingerprint density at radius 1 is 0.870 bits per heavy atom. The molecule has 13 heteroatoms. The Bertz CT molecular complexity index is 573. The van der Waals surface area contributed by atoms with E-state index < -0.39 is 69.6 Å². The van der Waals surface area contributed by atoms with Gasteiger partial charge in [0.15, 0.2) is 0 Å². The fraction of sp³-hybridized carbons (Fsp3) is 0.300. The number of halogens is 10. The molecule has 1 aromatic carbocycles. The standard InChI is InChI=1S/C10H3ClF9NOS/c11-7(22)21-23-6-4(9(15,16)17)1-3(8(12,13)14)2-5(6)10(18,19)20/h1-2H,(H,21,22). The average Bonchev–Trinajstić information content (AvgIpc) is 2.31. The monoisotopic (exact) mass is 391 g/mol. The molecule has 0 aliphatic heterocycles. The van der Waals surface area contributed by atoms with Gasteiger partial charge in [0.05, 0.1) is 21.6 Å². The zero-order valence-electron chi connectivity index (χ0n) is 10.3. The molecule has 0 saturated heterocycles. The highest BCUT2D eigenvalue weighted by molar-refractivity contribution is 7.98. The van der Waals surface area contributed by atoms with Crippen LogP contribution < -0.4 is 4.72 Å². The molecule has 0 fully saturated rings. The van der Waals surface area contributed by atoms with Gasteiger partial charge in [0, 0.05) is 0 Å². The van der Waals surface area contributed by atoms with Gasteiger partial charge >= 0.3 is 23.9 Å². The molecule has 1 N–H and O–H groups in total. The summed E-state index contributed by atoms with van der Waals surface area (Å²) in [5, 5.41) is -1.50. The zero-order chi connectivity index (χ0) is 18.2. The predicted octanol–water partition coefficient (Wildman–Crippen LogP) is 5.70. The first-order chi connectivity index (χ1) is 10.1. The van der Waals surface area contributed by atoms with Crippen molar-refractivity contribution in [3.8, 4) is 0 Å². The number of alkyl halides is 9. The Hall–Kier alpha value is -1.30. The van der Waals surface area contributed by atoms with Gasteiger partial charge in [0.1, 0.15) is 0 Å². The van der Waals surface area contributed by atoms with E-state index in [1.807, 2.05) is 0 Å². The molecule has 1 amide bonds. The summed E-state index contributed by atoms with van der Waals surface area (Å²) >= 11 is 4.27. The van der Waals surface area contributed by atoms with Crippen molar-refractivity contribution in [3.05, 3.63) is 28.8 Å². The maximum Gasteiger partial charge on any atom is 0.417 e. The SMILES string of the molecule is O=C(Cl)NSc1c(C(F)(F)F)cc(C(F)(F)F)cc1C(F)(F)F. The molecule has 0 aliphatic carbocycles. The second kappa shape index (κ2) is 6.30.